The molecular formula is C20H20N6O. The second-order valence-electron chi connectivity index (χ2n) is 6.68. The summed E-state index contributed by atoms with van der Waals surface area (Å²) in [5, 5.41) is 12.1. The average Bonchev–Trinajstić information content (AvgIpc) is 3.15. The largest absolute Gasteiger partial charge is 0.350 e. The molecule has 0 spiro atoms. The first-order chi connectivity index (χ1) is 13.0. The van der Waals surface area contributed by atoms with Crippen LogP contribution in [0.3, 0.4) is 0 Å². The molecule has 1 N–H and O–H groups in total. The molecule has 7 nitrogen and oxygen atoms in total. The zero-order valence-electron chi connectivity index (χ0n) is 15.4. The van der Waals surface area contributed by atoms with Crippen molar-refractivity contribution < 1.29 is 0 Å². The third kappa shape index (κ3) is 3.08. The molecule has 1 aromatic carbocycles. The van der Waals surface area contributed by atoms with Crippen molar-refractivity contribution in [2.75, 3.05) is 5.32 Å². The molecule has 0 unspecified atom stereocenters. The van der Waals surface area contributed by atoms with Crippen LogP contribution in [0.2, 0.25) is 0 Å². The molecule has 0 aliphatic rings. The molecule has 0 atom stereocenters. The molecule has 0 aliphatic heterocycles. The highest BCUT2D eigenvalue weighted by Crippen LogP contribution is 2.25. The van der Waals surface area contributed by atoms with Gasteiger partial charge in [-0.3, -0.25) is 4.79 Å². The minimum Gasteiger partial charge on any atom is -0.350 e. The molecule has 0 saturated heterocycles. The fourth-order valence-corrected chi connectivity index (χ4v) is 3.11. The monoisotopic (exact) mass is 360 g/mol. The number of hydrogen-bond donors (Lipinski definition) is 1. The average molecular weight is 360 g/mol. The smallest absolute Gasteiger partial charge is 0.191 e. The number of rotatable bonds is 4. The fourth-order valence-electron chi connectivity index (χ4n) is 3.11. The molecule has 0 aliphatic carbocycles. The number of nitrogens with zero attached hydrogens (tertiary/aromatic N) is 5. The summed E-state index contributed by atoms with van der Waals surface area (Å²) >= 11 is 0. The van der Waals surface area contributed by atoms with E-state index < -0.39 is 0 Å². The standard InChI is InChI=1S/C20H20N6O/c1-13(2)26-12-21-24-20(26)15-7-5-9-18(23-15)22-14-6-4-8-16-19(14)17(27)10-11-25(16)3/h4-13H,1-3H3,(H,22,23). The molecule has 3 heterocycles. The maximum absolute atomic E-state index is 12.4. The summed E-state index contributed by atoms with van der Waals surface area (Å²) in [4.78, 5) is 17.1. The molecule has 4 rings (SSSR count). The van der Waals surface area contributed by atoms with Crippen LogP contribution < -0.4 is 10.7 Å². The van der Waals surface area contributed by atoms with E-state index in [0.717, 1.165) is 16.9 Å². The van der Waals surface area contributed by atoms with Crippen molar-refractivity contribution >= 4 is 22.4 Å². The van der Waals surface area contributed by atoms with Crippen molar-refractivity contribution in [1.29, 1.82) is 0 Å². The number of benzene rings is 1. The summed E-state index contributed by atoms with van der Waals surface area (Å²) in [5.41, 5.74) is 2.29. The Morgan fingerprint density at radius 3 is 2.70 bits per heavy atom. The number of pyridine rings is 2. The van der Waals surface area contributed by atoms with Crippen molar-refractivity contribution in [3.05, 3.63) is 65.2 Å². The predicted molar refractivity (Wildman–Crippen MR) is 106 cm³/mol. The molecule has 0 amide bonds. The van der Waals surface area contributed by atoms with Crippen LogP contribution in [0, 0.1) is 0 Å². The Balaban J connectivity index is 1.77. The normalized spacial score (nSPS) is 11.3. The van der Waals surface area contributed by atoms with Crippen LogP contribution in [0.15, 0.2) is 59.8 Å². The third-order valence-corrected chi connectivity index (χ3v) is 4.49. The van der Waals surface area contributed by atoms with E-state index in [1.54, 1.807) is 18.6 Å². The lowest BCUT2D eigenvalue weighted by Crippen LogP contribution is -2.08. The highest BCUT2D eigenvalue weighted by Gasteiger charge is 2.12. The van der Waals surface area contributed by atoms with Gasteiger partial charge < -0.3 is 14.5 Å². The van der Waals surface area contributed by atoms with Crippen molar-refractivity contribution in [1.82, 2.24) is 24.3 Å². The fraction of sp³-hybridized carbons (Fsp3) is 0.200. The van der Waals surface area contributed by atoms with E-state index in [1.165, 1.54) is 0 Å². The van der Waals surface area contributed by atoms with Crippen LogP contribution in [0.5, 0.6) is 0 Å². The van der Waals surface area contributed by atoms with Crippen molar-refractivity contribution in [2.24, 2.45) is 7.05 Å². The van der Waals surface area contributed by atoms with E-state index in [0.29, 0.717) is 17.0 Å². The van der Waals surface area contributed by atoms with E-state index in [2.05, 4.69) is 34.3 Å². The SMILES string of the molecule is CC(C)n1cnnc1-c1cccc(Nc2cccc3c2c(=O)ccn3C)n1. The lowest BCUT2D eigenvalue weighted by molar-refractivity contribution is 0.603. The summed E-state index contributed by atoms with van der Waals surface area (Å²) in [5.74, 6) is 1.35. The molecule has 0 saturated carbocycles. The Bertz CT molecular complexity index is 1170. The number of nitrogens with one attached hydrogen (secondary N) is 1. The van der Waals surface area contributed by atoms with Gasteiger partial charge in [-0.15, -0.1) is 10.2 Å². The molecule has 4 aromatic rings. The summed E-state index contributed by atoms with van der Waals surface area (Å²) in [7, 11) is 1.92. The van der Waals surface area contributed by atoms with Crippen LogP contribution >= 0.6 is 0 Å². The Hall–Kier alpha value is -3.48. The Kier molecular flexibility index (Phi) is 4.19. The van der Waals surface area contributed by atoms with Crippen LogP contribution in [0.4, 0.5) is 11.5 Å². The van der Waals surface area contributed by atoms with Gasteiger partial charge in [-0.05, 0) is 38.1 Å². The number of aryl methyl sites for hydroxylation is 1. The molecule has 27 heavy (non-hydrogen) atoms. The first-order valence-electron chi connectivity index (χ1n) is 8.77. The van der Waals surface area contributed by atoms with Gasteiger partial charge in [0, 0.05) is 25.4 Å². The highest BCUT2D eigenvalue weighted by molar-refractivity contribution is 5.93. The summed E-state index contributed by atoms with van der Waals surface area (Å²) < 4.78 is 3.90. The summed E-state index contributed by atoms with van der Waals surface area (Å²) in [6.07, 6.45) is 3.47. The zero-order chi connectivity index (χ0) is 19.0. The minimum absolute atomic E-state index is 0.0260. The van der Waals surface area contributed by atoms with E-state index in [4.69, 9.17) is 0 Å². The van der Waals surface area contributed by atoms with Gasteiger partial charge in [0.1, 0.15) is 17.8 Å². The van der Waals surface area contributed by atoms with Gasteiger partial charge in [0.2, 0.25) is 0 Å². The number of fused-ring (bicyclic) bond motifs is 1. The van der Waals surface area contributed by atoms with Crippen LogP contribution in [-0.4, -0.2) is 24.3 Å². The second-order valence-corrected chi connectivity index (χ2v) is 6.68. The van der Waals surface area contributed by atoms with Gasteiger partial charge in [-0.25, -0.2) is 4.98 Å². The number of anilines is 2. The van der Waals surface area contributed by atoms with E-state index in [9.17, 15) is 4.79 Å². The first-order valence-corrected chi connectivity index (χ1v) is 8.77. The Morgan fingerprint density at radius 2 is 1.89 bits per heavy atom. The Morgan fingerprint density at radius 1 is 1.07 bits per heavy atom. The zero-order valence-corrected chi connectivity index (χ0v) is 15.4. The first kappa shape index (κ1) is 17.0. The number of aromatic nitrogens is 5. The molecule has 3 aromatic heterocycles. The third-order valence-electron chi connectivity index (χ3n) is 4.49. The van der Waals surface area contributed by atoms with E-state index >= 15 is 0 Å². The van der Waals surface area contributed by atoms with Crippen LogP contribution in [0.1, 0.15) is 19.9 Å². The van der Waals surface area contributed by atoms with Crippen LogP contribution in [-0.2, 0) is 7.05 Å². The lowest BCUT2D eigenvalue weighted by atomic mass is 10.1. The van der Waals surface area contributed by atoms with E-state index in [-0.39, 0.29) is 11.5 Å². The van der Waals surface area contributed by atoms with Gasteiger partial charge in [-0.1, -0.05) is 12.1 Å². The van der Waals surface area contributed by atoms with Crippen molar-refractivity contribution in [3.8, 4) is 11.5 Å². The molecule has 7 heteroatoms. The lowest BCUT2D eigenvalue weighted by Gasteiger charge is -2.13. The van der Waals surface area contributed by atoms with Crippen molar-refractivity contribution in [3.63, 3.8) is 0 Å². The Labute approximate surface area is 156 Å². The van der Waals surface area contributed by atoms with Gasteiger partial charge in [0.15, 0.2) is 11.3 Å². The molecular weight excluding hydrogens is 340 g/mol. The van der Waals surface area contributed by atoms with Crippen LogP contribution in [0.25, 0.3) is 22.4 Å². The predicted octanol–water partition coefficient (Wildman–Crippen LogP) is 3.52. The van der Waals surface area contributed by atoms with Gasteiger partial charge in [0.25, 0.3) is 0 Å². The summed E-state index contributed by atoms with van der Waals surface area (Å²) in [6, 6.07) is 13.2. The van der Waals surface area contributed by atoms with Crippen molar-refractivity contribution in [2.45, 2.75) is 19.9 Å². The molecule has 0 fully saturated rings. The molecule has 136 valence electrons. The minimum atomic E-state index is -0.0260. The second kappa shape index (κ2) is 6.68. The quantitative estimate of drug-likeness (QED) is 0.602. The number of hydrogen-bond acceptors (Lipinski definition) is 5. The topological polar surface area (TPSA) is 77.6 Å². The van der Waals surface area contributed by atoms with E-state index in [1.807, 2.05) is 52.6 Å². The highest BCUT2D eigenvalue weighted by atomic mass is 16.1. The molecule has 0 radical (unpaired) electrons. The van der Waals surface area contributed by atoms with Gasteiger partial charge >= 0.3 is 0 Å². The maximum Gasteiger partial charge on any atom is 0.191 e. The maximum atomic E-state index is 12.4. The molecule has 0 bridgehead atoms. The summed E-state index contributed by atoms with van der Waals surface area (Å²) in [6.45, 7) is 4.14. The van der Waals surface area contributed by atoms with Gasteiger partial charge in [0.05, 0.1) is 16.6 Å². The van der Waals surface area contributed by atoms with Gasteiger partial charge in [-0.2, -0.15) is 0 Å².